The largest absolute Gasteiger partial charge is 0.381 e. The summed E-state index contributed by atoms with van der Waals surface area (Å²) in [5.74, 6) is 0. The van der Waals surface area contributed by atoms with Gasteiger partial charge in [0.25, 0.3) is 0 Å². The maximum atomic E-state index is 5.96. The molecule has 3 atom stereocenters. The van der Waals surface area contributed by atoms with Gasteiger partial charge in [-0.05, 0) is 25.7 Å². The van der Waals surface area contributed by atoms with E-state index in [1.165, 1.54) is 32.2 Å². The predicted molar refractivity (Wildman–Crippen MR) is 80.0 cm³/mol. The van der Waals surface area contributed by atoms with E-state index in [1.54, 1.807) is 0 Å². The molecule has 4 heteroatoms. The lowest BCUT2D eigenvalue weighted by Gasteiger charge is -2.43. The highest BCUT2D eigenvalue weighted by Crippen LogP contribution is 2.33. The molecular weight excluding hydrogens is 252 g/mol. The summed E-state index contributed by atoms with van der Waals surface area (Å²) in [7, 11) is 0. The van der Waals surface area contributed by atoms with Gasteiger partial charge in [0.2, 0.25) is 0 Å². The van der Waals surface area contributed by atoms with E-state index in [9.17, 15) is 0 Å². The van der Waals surface area contributed by atoms with Crippen LogP contribution in [-0.2, 0) is 9.47 Å². The molecule has 0 spiro atoms. The lowest BCUT2D eigenvalue weighted by molar-refractivity contribution is -0.0748. The highest BCUT2D eigenvalue weighted by atomic mass is 16.5. The van der Waals surface area contributed by atoms with Gasteiger partial charge in [-0.3, -0.25) is 4.90 Å². The van der Waals surface area contributed by atoms with Crippen LogP contribution in [-0.4, -0.2) is 62.5 Å². The maximum Gasteiger partial charge on any atom is 0.0707 e. The predicted octanol–water partition coefficient (Wildman–Crippen LogP) is 1.64. The van der Waals surface area contributed by atoms with Crippen LogP contribution >= 0.6 is 0 Å². The second-order valence-corrected chi connectivity index (χ2v) is 7.34. The molecule has 20 heavy (non-hydrogen) atoms. The Kier molecular flexibility index (Phi) is 4.65. The second-order valence-electron chi connectivity index (χ2n) is 7.34. The van der Waals surface area contributed by atoms with E-state index < -0.39 is 0 Å². The zero-order chi connectivity index (χ0) is 14.0. The summed E-state index contributed by atoms with van der Waals surface area (Å²) in [5.41, 5.74) is 0.305. The number of fused-ring (bicyclic) bond motifs is 2. The minimum absolute atomic E-state index is 0.305. The van der Waals surface area contributed by atoms with E-state index in [4.69, 9.17) is 9.47 Å². The SMILES string of the molecule is CC(C)NCC1(CN2CC3CCC(C2)O3)CCCOC1. The number of hydrogen-bond acceptors (Lipinski definition) is 4. The van der Waals surface area contributed by atoms with Crippen LogP contribution in [0.5, 0.6) is 0 Å². The van der Waals surface area contributed by atoms with Gasteiger partial charge in [0.15, 0.2) is 0 Å². The number of hydrogen-bond donors (Lipinski definition) is 1. The van der Waals surface area contributed by atoms with E-state index in [1.807, 2.05) is 0 Å². The van der Waals surface area contributed by atoms with Crippen molar-refractivity contribution in [2.45, 2.75) is 57.8 Å². The van der Waals surface area contributed by atoms with E-state index in [-0.39, 0.29) is 0 Å². The van der Waals surface area contributed by atoms with Gasteiger partial charge >= 0.3 is 0 Å². The standard InChI is InChI=1S/C16H30N2O2/c1-13(2)17-10-16(6-3-7-19-12-16)11-18-8-14-4-5-15(9-18)20-14/h13-15,17H,3-12H2,1-2H3. The summed E-state index contributed by atoms with van der Waals surface area (Å²) in [6.45, 7) is 10.8. The molecule has 0 amide bonds. The first-order chi connectivity index (χ1) is 9.65. The Morgan fingerprint density at radius 1 is 1.25 bits per heavy atom. The average Bonchev–Trinajstić information content (AvgIpc) is 2.77. The van der Waals surface area contributed by atoms with Crippen molar-refractivity contribution >= 4 is 0 Å². The Morgan fingerprint density at radius 3 is 2.60 bits per heavy atom. The molecule has 0 aromatic heterocycles. The zero-order valence-corrected chi connectivity index (χ0v) is 13.1. The number of ether oxygens (including phenoxy) is 2. The zero-order valence-electron chi connectivity index (χ0n) is 13.1. The Labute approximate surface area is 123 Å². The molecule has 0 aliphatic carbocycles. The van der Waals surface area contributed by atoms with E-state index in [0.29, 0.717) is 23.7 Å². The molecule has 2 bridgehead atoms. The van der Waals surface area contributed by atoms with Gasteiger partial charge < -0.3 is 14.8 Å². The van der Waals surface area contributed by atoms with Crippen LogP contribution in [0.3, 0.4) is 0 Å². The Bertz CT molecular complexity index is 304. The minimum atomic E-state index is 0.305. The molecular formula is C16H30N2O2. The first-order valence-electron chi connectivity index (χ1n) is 8.34. The van der Waals surface area contributed by atoms with Crippen LogP contribution in [0, 0.1) is 5.41 Å². The van der Waals surface area contributed by atoms with Gasteiger partial charge in [-0.25, -0.2) is 0 Å². The van der Waals surface area contributed by atoms with Crippen LogP contribution < -0.4 is 5.32 Å². The fraction of sp³-hybridized carbons (Fsp3) is 1.00. The lowest BCUT2D eigenvalue weighted by atomic mass is 9.81. The highest BCUT2D eigenvalue weighted by Gasteiger charge is 2.39. The van der Waals surface area contributed by atoms with Crippen molar-refractivity contribution in [3.05, 3.63) is 0 Å². The Hall–Kier alpha value is -0.160. The molecule has 3 aliphatic rings. The molecule has 0 radical (unpaired) electrons. The molecule has 0 aromatic carbocycles. The number of nitrogens with zero attached hydrogens (tertiary/aromatic N) is 1. The molecule has 1 N–H and O–H groups in total. The Balaban J connectivity index is 1.60. The number of nitrogens with one attached hydrogen (secondary N) is 1. The third-order valence-electron chi connectivity index (χ3n) is 4.97. The van der Waals surface area contributed by atoms with Crippen LogP contribution in [0.4, 0.5) is 0 Å². The summed E-state index contributed by atoms with van der Waals surface area (Å²) in [4.78, 5) is 2.64. The van der Waals surface area contributed by atoms with Crippen LogP contribution in [0.1, 0.15) is 39.5 Å². The highest BCUT2D eigenvalue weighted by molar-refractivity contribution is 4.92. The van der Waals surface area contributed by atoms with Crippen LogP contribution in [0.15, 0.2) is 0 Å². The van der Waals surface area contributed by atoms with Crippen molar-refractivity contribution in [3.63, 3.8) is 0 Å². The number of morpholine rings is 1. The third kappa shape index (κ3) is 3.53. The van der Waals surface area contributed by atoms with Crippen molar-refractivity contribution in [1.29, 1.82) is 0 Å². The Morgan fingerprint density at radius 2 is 2.00 bits per heavy atom. The summed E-state index contributed by atoms with van der Waals surface area (Å²) in [6, 6.07) is 0.551. The van der Waals surface area contributed by atoms with Gasteiger partial charge in [0, 0.05) is 44.2 Å². The normalized spacial score (nSPS) is 38.5. The molecule has 116 valence electrons. The summed E-state index contributed by atoms with van der Waals surface area (Å²) >= 11 is 0. The maximum absolute atomic E-state index is 5.96. The van der Waals surface area contributed by atoms with Crippen molar-refractivity contribution in [1.82, 2.24) is 10.2 Å². The second kappa shape index (κ2) is 6.30. The van der Waals surface area contributed by atoms with E-state index >= 15 is 0 Å². The topological polar surface area (TPSA) is 33.7 Å². The average molecular weight is 282 g/mol. The molecule has 3 aliphatic heterocycles. The first kappa shape index (κ1) is 14.8. The monoisotopic (exact) mass is 282 g/mol. The van der Waals surface area contributed by atoms with Gasteiger partial charge in [0.1, 0.15) is 0 Å². The molecule has 0 saturated carbocycles. The van der Waals surface area contributed by atoms with E-state index in [0.717, 1.165) is 32.8 Å². The summed E-state index contributed by atoms with van der Waals surface area (Å²) < 4.78 is 11.8. The molecule has 0 aromatic rings. The molecule has 3 rings (SSSR count). The quantitative estimate of drug-likeness (QED) is 0.831. The lowest BCUT2D eigenvalue weighted by Crippen LogP contribution is -2.53. The van der Waals surface area contributed by atoms with Crippen LogP contribution in [0.25, 0.3) is 0 Å². The van der Waals surface area contributed by atoms with Gasteiger partial charge in [-0.2, -0.15) is 0 Å². The molecule has 3 fully saturated rings. The van der Waals surface area contributed by atoms with Crippen molar-refractivity contribution < 1.29 is 9.47 Å². The van der Waals surface area contributed by atoms with Gasteiger partial charge in [-0.1, -0.05) is 13.8 Å². The first-order valence-corrected chi connectivity index (χ1v) is 8.34. The van der Waals surface area contributed by atoms with Crippen molar-refractivity contribution in [2.24, 2.45) is 5.41 Å². The van der Waals surface area contributed by atoms with Crippen molar-refractivity contribution in [3.8, 4) is 0 Å². The van der Waals surface area contributed by atoms with Crippen LogP contribution in [0.2, 0.25) is 0 Å². The van der Waals surface area contributed by atoms with Gasteiger partial charge in [-0.15, -0.1) is 0 Å². The molecule has 3 unspecified atom stereocenters. The van der Waals surface area contributed by atoms with Crippen molar-refractivity contribution in [2.75, 3.05) is 39.4 Å². The summed E-state index contributed by atoms with van der Waals surface area (Å²) in [6.07, 6.45) is 6.00. The number of rotatable bonds is 5. The molecule has 4 nitrogen and oxygen atoms in total. The van der Waals surface area contributed by atoms with Gasteiger partial charge in [0.05, 0.1) is 18.8 Å². The minimum Gasteiger partial charge on any atom is -0.381 e. The third-order valence-corrected chi connectivity index (χ3v) is 4.97. The fourth-order valence-electron chi connectivity index (χ4n) is 3.95. The number of likely N-dealkylation sites (tertiary alicyclic amines) is 1. The smallest absolute Gasteiger partial charge is 0.0707 e. The summed E-state index contributed by atoms with van der Waals surface area (Å²) in [5, 5.41) is 3.65. The molecule has 3 heterocycles. The molecule has 3 saturated heterocycles. The fourth-order valence-corrected chi connectivity index (χ4v) is 3.95. The van der Waals surface area contributed by atoms with E-state index in [2.05, 4.69) is 24.1 Å².